The van der Waals surface area contributed by atoms with Gasteiger partial charge in [0.1, 0.15) is 0 Å². The van der Waals surface area contributed by atoms with Crippen molar-refractivity contribution in [2.45, 2.75) is 0 Å². The lowest BCUT2D eigenvalue weighted by atomic mass is 10.6. The Balaban J connectivity index is 2.90. The molecule has 3 nitrogen and oxygen atoms in total. The lowest BCUT2D eigenvalue weighted by Gasteiger charge is -2.01. The van der Waals surface area contributed by atoms with Crippen LogP contribution >= 0.6 is 24.0 Å². The van der Waals surface area contributed by atoms with Crippen LogP contribution in [0, 0.1) is 0 Å². The zero-order chi connectivity index (χ0) is 7.02. The topological polar surface area (TPSA) is 37.4 Å². The minimum atomic E-state index is -0.523. The number of carbonyl (C=O) groups excluding carboxylic acids is 2. The monoisotopic (exact) mass is 161 g/mol. The summed E-state index contributed by atoms with van der Waals surface area (Å²) in [7, 11) is 1.49. The normalized spacial score (nSPS) is 19.7. The summed E-state index contributed by atoms with van der Waals surface area (Å²) >= 11 is 5.45. The van der Waals surface area contributed by atoms with Crippen LogP contribution in [0.15, 0.2) is 0 Å². The van der Waals surface area contributed by atoms with Crippen molar-refractivity contribution in [3.05, 3.63) is 0 Å². The average molecular weight is 161 g/mol. The summed E-state index contributed by atoms with van der Waals surface area (Å²) in [5, 5.41) is -0.484. The molecule has 9 heavy (non-hydrogen) atoms. The molecule has 1 amide bonds. The van der Waals surface area contributed by atoms with Crippen molar-refractivity contribution in [3.8, 4) is 0 Å². The summed E-state index contributed by atoms with van der Waals surface area (Å²) in [4.78, 5) is 22.2. The van der Waals surface area contributed by atoms with Crippen molar-refractivity contribution < 1.29 is 9.59 Å². The third kappa shape index (κ3) is 0.972. The van der Waals surface area contributed by atoms with Crippen molar-refractivity contribution in [3.63, 3.8) is 0 Å². The molecule has 0 unspecified atom stereocenters. The molecule has 0 bridgehead atoms. The first-order chi connectivity index (χ1) is 4.13. The summed E-state index contributed by atoms with van der Waals surface area (Å²) in [6, 6.07) is 0. The van der Waals surface area contributed by atoms with E-state index in [1.54, 1.807) is 0 Å². The van der Waals surface area contributed by atoms with Gasteiger partial charge in [0, 0.05) is 7.05 Å². The van der Waals surface area contributed by atoms with E-state index in [-0.39, 0.29) is 0 Å². The van der Waals surface area contributed by atoms with E-state index >= 15 is 0 Å². The largest absolute Gasteiger partial charge is 0.306 e. The third-order valence-corrected chi connectivity index (χ3v) is 2.27. The van der Waals surface area contributed by atoms with Crippen LogP contribution in [0.3, 0.4) is 0 Å². The molecule has 1 aliphatic rings. The van der Waals surface area contributed by atoms with Crippen molar-refractivity contribution in [2.75, 3.05) is 7.05 Å². The van der Waals surface area contributed by atoms with Crippen LogP contribution in [-0.4, -0.2) is 27.3 Å². The third-order valence-electron chi connectivity index (χ3n) is 0.933. The zero-order valence-electron chi connectivity index (χ0n) is 4.58. The van der Waals surface area contributed by atoms with Crippen LogP contribution < -0.4 is 0 Å². The number of thioether (sulfide) groups is 1. The van der Waals surface area contributed by atoms with Gasteiger partial charge in [0.25, 0.3) is 5.12 Å². The maximum atomic E-state index is 10.6. The second kappa shape index (κ2) is 2.07. The number of nitrogens with zero attached hydrogens (tertiary/aromatic N) is 1. The number of thiocarbonyl (C=S) groups is 1. The maximum absolute atomic E-state index is 10.6. The SMILES string of the molecule is CN1C(=O)C(=O)SC1=S. The van der Waals surface area contributed by atoms with E-state index in [2.05, 4.69) is 12.2 Å². The van der Waals surface area contributed by atoms with Crippen LogP contribution in [0.2, 0.25) is 0 Å². The summed E-state index contributed by atoms with van der Waals surface area (Å²) < 4.78 is 0.338. The summed E-state index contributed by atoms with van der Waals surface area (Å²) in [6.07, 6.45) is 0. The Morgan fingerprint density at radius 2 is 2.11 bits per heavy atom. The van der Waals surface area contributed by atoms with E-state index in [9.17, 15) is 9.59 Å². The van der Waals surface area contributed by atoms with Gasteiger partial charge >= 0.3 is 5.91 Å². The molecule has 1 rings (SSSR count). The highest BCUT2D eigenvalue weighted by molar-refractivity contribution is 8.34. The predicted octanol–water partition coefficient (Wildman–Crippen LogP) is 0.00310. The molecule has 0 aromatic rings. The van der Waals surface area contributed by atoms with Gasteiger partial charge in [-0.25, -0.2) is 0 Å². The Hall–Kier alpha value is -0.420. The molecule has 0 aliphatic carbocycles. The maximum Gasteiger partial charge on any atom is 0.306 e. The molecule has 0 N–H and O–H groups in total. The lowest BCUT2D eigenvalue weighted by molar-refractivity contribution is -0.136. The standard InChI is InChI=1S/C4H3NO2S2/c1-5-2(6)3(7)9-4(5)8/h1H3. The van der Waals surface area contributed by atoms with Gasteiger partial charge < -0.3 is 0 Å². The molecule has 5 heteroatoms. The first-order valence-corrected chi connectivity index (χ1v) is 3.39. The van der Waals surface area contributed by atoms with Crippen LogP contribution in [0.4, 0.5) is 0 Å². The molecular formula is C4H3NO2S2. The molecule has 0 radical (unpaired) electrons. The van der Waals surface area contributed by atoms with Crippen LogP contribution in [0.25, 0.3) is 0 Å². The number of carbonyl (C=O) groups is 2. The van der Waals surface area contributed by atoms with Gasteiger partial charge in [-0.3, -0.25) is 14.5 Å². The average Bonchev–Trinajstić information content (AvgIpc) is 1.98. The van der Waals surface area contributed by atoms with E-state index < -0.39 is 11.0 Å². The minimum absolute atomic E-state index is 0.338. The van der Waals surface area contributed by atoms with Crippen molar-refractivity contribution >= 4 is 39.3 Å². The fourth-order valence-electron chi connectivity index (χ4n) is 0.411. The number of hydrogen-bond donors (Lipinski definition) is 0. The Morgan fingerprint density at radius 3 is 2.22 bits per heavy atom. The quantitative estimate of drug-likeness (QED) is 0.370. The van der Waals surface area contributed by atoms with Gasteiger partial charge in [0.05, 0.1) is 0 Å². The summed E-state index contributed by atoms with van der Waals surface area (Å²) in [6.45, 7) is 0. The van der Waals surface area contributed by atoms with E-state index in [0.29, 0.717) is 4.32 Å². The minimum Gasteiger partial charge on any atom is -0.293 e. The van der Waals surface area contributed by atoms with Crippen molar-refractivity contribution in [1.29, 1.82) is 0 Å². The Kier molecular flexibility index (Phi) is 1.54. The summed E-state index contributed by atoms with van der Waals surface area (Å²) in [5.41, 5.74) is 0. The molecular weight excluding hydrogens is 158 g/mol. The highest BCUT2D eigenvalue weighted by Gasteiger charge is 2.32. The molecule has 0 aromatic heterocycles. The molecule has 48 valence electrons. The van der Waals surface area contributed by atoms with Crippen molar-refractivity contribution in [1.82, 2.24) is 4.90 Å². The Morgan fingerprint density at radius 1 is 1.56 bits per heavy atom. The highest BCUT2D eigenvalue weighted by Crippen LogP contribution is 2.18. The smallest absolute Gasteiger partial charge is 0.293 e. The fourth-order valence-corrected chi connectivity index (χ4v) is 1.32. The molecule has 0 saturated carbocycles. The highest BCUT2D eigenvalue weighted by atomic mass is 32.2. The van der Waals surface area contributed by atoms with Gasteiger partial charge in [0.15, 0.2) is 4.32 Å². The second-order valence-corrected chi connectivity index (χ2v) is 3.13. The summed E-state index contributed by atoms with van der Waals surface area (Å²) in [5.74, 6) is -0.523. The number of amides is 1. The first-order valence-electron chi connectivity index (χ1n) is 2.17. The number of likely N-dealkylation sites (N-methyl/N-ethyl adjacent to an activating group) is 1. The molecule has 1 saturated heterocycles. The van der Waals surface area contributed by atoms with Crippen LogP contribution in [0.5, 0.6) is 0 Å². The van der Waals surface area contributed by atoms with E-state index in [0.717, 1.165) is 11.8 Å². The molecule has 1 aliphatic heterocycles. The van der Waals surface area contributed by atoms with Crippen LogP contribution in [0.1, 0.15) is 0 Å². The number of hydrogen-bond acceptors (Lipinski definition) is 4. The van der Waals surface area contributed by atoms with Gasteiger partial charge in [-0.1, -0.05) is 12.2 Å². The van der Waals surface area contributed by atoms with Gasteiger partial charge in [-0.15, -0.1) is 0 Å². The molecule has 0 atom stereocenters. The van der Waals surface area contributed by atoms with Gasteiger partial charge in [-0.05, 0) is 11.8 Å². The Bertz CT molecular complexity index is 201. The van der Waals surface area contributed by atoms with Crippen LogP contribution in [-0.2, 0) is 9.59 Å². The fraction of sp³-hybridized carbons (Fsp3) is 0.250. The molecule has 0 spiro atoms. The van der Waals surface area contributed by atoms with Gasteiger partial charge in [-0.2, -0.15) is 0 Å². The van der Waals surface area contributed by atoms with Crippen molar-refractivity contribution in [2.24, 2.45) is 0 Å². The van der Waals surface area contributed by atoms with E-state index in [1.165, 1.54) is 11.9 Å². The van der Waals surface area contributed by atoms with E-state index in [1.807, 2.05) is 0 Å². The molecule has 0 aromatic carbocycles. The van der Waals surface area contributed by atoms with E-state index in [4.69, 9.17) is 0 Å². The Labute approximate surface area is 61.4 Å². The zero-order valence-corrected chi connectivity index (χ0v) is 6.21. The molecule has 1 heterocycles. The second-order valence-electron chi connectivity index (χ2n) is 1.52. The predicted molar refractivity (Wildman–Crippen MR) is 38.0 cm³/mol. The lowest BCUT2D eigenvalue weighted by Crippen LogP contribution is -2.24. The number of rotatable bonds is 0. The first kappa shape index (κ1) is 6.70. The van der Waals surface area contributed by atoms with Gasteiger partial charge in [0.2, 0.25) is 0 Å². The molecule has 1 fully saturated rings.